The summed E-state index contributed by atoms with van der Waals surface area (Å²) in [7, 11) is 1.71. The first kappa shape index (κ1) is 12.9. The van der Waals surface area contributed by atoms with Crippen LogP contribution >= 0.6 is 0 Å². The van der Waals surface area contributed by atoms with Gasteiger partial charge >= 0.3 is 0 Å². The van der Waals surface area contributed by atoms with Gasteiger partial charge in [-0.3, -0.25) is 0 Å². The maximum Gasteiger partial charge on any atom is 0.0750 e. The predicted molar refractivity (Wildman–Crippen MR) is 55.0 cm³/mol. The highest BCUT2D eigenvalue weighted by Crippen LogP contribution is 2.06. The standard InChI is InChI=1S/C10H23NO2/c1-6-13-10(3,4)8-11-9(2)7-12-5/h9,11H,6-8H2,1-5H3. The summed E-state index contributed by atoms with van der Waals surface area (Å²) in [6.07, 6.45) is 0. The molecule has 0 heterocycles. The molecule has 3 nitrogen and oxygen atoms in total. The molecule has 1 unspecified atom stereocenters. The van der Waals surface area contributed by atoms with Crippen molar-refractivity contribution in [1.82, 2.24) is 5.32 Å². The van der Waals surface area contributed by atoms with Gasteiger partial charge in [-0.15, -0.1) is 0 Å². The Hall–Kier alpha value is -0.120. The van der Waals surface area contributed by atoms with Crippen molar-refractivity contribution < 1.29 is 9.47 Å². The zero-order chi connectivity index (χ0) is 10.3. The van der Waals surface area contributed by atoms with E-state index in [0.717, 1.165) is 19.8 Å². The maximum atomic E-state index is 5.55. The third-order valence-corrected chi connectivity index (χ3v) is 1.83. The van der Waals surface area contributed by atoms with Crippen LogP contribution in [0.5, 0.6) is 0 Å². The molecule has 0 saturated heterocycles. The van der Waals surface area contributed by atoms with Crippen molar-refractivity contribution >= 4 is 0 Å². The Balaban J connectivity index is 3.60. The molecule has 13 heavy (non-hydrogen) atoms. The van der Waals surface area contributed by atoms with Crippen molar-refractivity contribution in [2.24, 2.45) is 0 Å². The first-order valence-corrected chi connectivity index (χ1v) is 4.88. The first-order chi connectivity index (χ1) is 6.02. The lowest BCUT2D eigenvalue weighted by Crippen LogP contribution is -2.42. The monoisotopic (exact) mass is 189 g/mol. The van der Waals surface area contributed by atoms with Gasteiger partial charge in [0.05, 0.1) is 12.2 Å². The Morgan fingerprint density at radius 3 is 2.46 bits per heavy atom. The average Bonchev–Trinajstić information content (AvgIpc) is 2.02. The van der Waals surface area contributed by atoms with Crippen molar-refractivity contribution in [3.63, 3.8) is 0 Å². The molecule has 0 spiro atoms. The van der Waals surface area contributed by atoms with Gasteiger partial charge in [0.1, 0.15) is 0 Å². The van der Waals surface area contributed by atoms with E-state index in [9.17, 15) is 0 Å². The van der Waals surface area contributed by atoms with E-state index in [1.165, 1.54) is 0 Å². The topological polar surface area (TPSA) is 30.5 Å². The van der Waals surface area contributed by atoms with Gasteiger partial charge in [0.2, 0.25) is 0 Å². The van der Waals surface area contributed by atoms with E-state index in [-0.39, 0.29) is 5.60 Å². The summed E-state index contributed by atoms with van der Waals surface area (Å²) in [5.74, 6) is 0. The number of ether oxygens (including phenoxy) is 2. The summed E-state index contributed by atoms with van der Waals surface area (Å²) in [5, 5.41) is 3.36. The van der Waals surface area contributed by atoms with Crippen molar-refractivity contribution in [2.75, 3.05) is 26.9 Å². The zero-order valence-electron chi connectivity index (χ0n) is 9.52. The quantitative estimate of drug-likeness (QED) is 0.657. The predicted octanol–water partition coefficient (Wildman–Crippen LogP) is 1.43. The van der Waals surface area contributed by atoms with Gasteiger partial charge in [-0.05, 0) is 27.7 Å². The SMILES string of the molecule is CCOC(C)(C)CNC(C)COC. The van der Waals surface area contributed by atoms with E-state index < -0.39 is 0 Å². The van der Waals surface area contributed by atoms with Crippen molar-refractivity contribution in [1.29, 1.82) is 0 Å². The molecule has 0 aliphatic rings. The van der Waals surface area contributed by atoms with Crippen LogP contribution < -0.4 is 5.32 Å². The summed E-state index contributed by atoms with van der Waals surface area (Å²) >= 11 is 0. The van der Waals surface area contributed by atoms with Crippen molar-refractivity contribution in [2.45, 2.75) is 39.3 Å². The second-order valence-corrected chi connectivity index (χ2v) is 3.93. The average molecular weight is 189 g/mol. The second-order valence-electron chi connectivity index (χ2n) is 3.93. The van der Waals surface area contributed by atoms with E-state index >= 15 is 0 Å². The normalized spacial score (nSPS) is 14.5. The first-order valence-electron chi connectivity index (χ1n) is 4.88. The molecule has 0 amide bonds. The Labute approximate surface area is 81.8 Å². The number of hydrogen-bond donors (Lipinski definition) is 1. The van der Waals surface area contributed by atoms with Crippen LogP contribution in [-0.2, 0) is 9.47 Å². The van der Waals surface area contributed by atoms with Crippen LogP contribution in [0, 0.1) is 0 Å². The molecule has 0 aromatic rings. The fourth-order valence-electron chi connectivity index (χ4n) is 1.17. The molecule has 0 bridgehead atoms. The third kappa shape index (κ3) is 6.99. The fraction of sp³-hybridized carbons (Fsp3) is 1.00. The summed E-state index contributed by atoms with van der Waals surface area (Å²) < 4.78 is 10.6. The van der Waals surface area contributed by atoms with Gasteiger partial charge in [0.15, 0.2) is 0 Å². The summed E-state index contributed by atoms with van der Waals surface area (Å²) in [4.78, 5) is 0. The van der Waals surface area contributed by atoms with E-state index in [4.69, 9.17) is 9.47 Å². The lowest BCUT2D eigenvalue weighted by atomic mass is 10.1. The molecule has 0 aromatic carbocycles. The molecule has 0 saturated carbocycles. The van der Waals surface area contributed by atoms with E-state index in [2.05, 4.69) is 26.1 Å². The van der Waals surface area contributed by atoms with Crippen molar-refractivity contribution in [3.8, 4) is 0 Å². The van der Waals surface area contributed by atoms with Gasteiger partial charge in [-0.1, -0.05) is 0 Å². The van der Waals surface area contributed by atoms with Gasteiger partial charge in [0.25, 0.3) is 0 Å². The summed E-state index contributed by atoms with van der Waals surface area (Å²) in [6.45, 7) is 10.6. The highest BCUT2D eigenvalue weighted by atomic mass is 16.5. The molecule has 0 aromatic heterocycles. The van der Waals surface area contributed by atoms with Gasteiger partial charge in [0, 0.05) is 26.3 Å². The van der Waals surface area contributed by atoms with Crippen LogP contribution in [0.4, 0.5) is 0 Å². The largest absolute Gasteiger partial charge is 0.383 e. The van der Waals surface area contributed by atoms with Crippen LogP contribution in [0.2, 0.25) is 0 Å². The molecule has 0 aliphatic heterocycles. The Morgan fingerprint density at radius 2 is 2.00 bits per heavy atom. The molecular formula is C10H23NO2. The molecule has 80 valence electrons. The van der Waals surface area contributed by atoms with Gasteiger partial charge in [-0.2, -0.15) is 0 Å². The minimum absolute atomic E-state index is 0.0866. The highest BCUT2D eigenvalue weighted by Gasteiger charge is 2.17. The van der Waals surface area contributed by atoms with Gasteiger partial charge in [-0.25, -0.2) is 0 Å². The molecule has 1 atom stereocenters. The molecular weight excluding hydrogens is 166 g/mol. The number of rotatable bonds is 7. The molecule has 1 N–H and O–H groups in total. The zero-order valence-corrected chi connectivity index (χ0v) is 9.52. The molecule has 3 heteroatoms. The molecule has 0 radical (unpaired) electrons. The Morgan fingerprint density at radius 1 is 1.38 bits per heavy atom. The maximum absolute atomic E-state index is 5.55. The van der Waals surface area contributed by atoms with E-state index in [0.29, 0.717) is 6.04 Å². The van der Waals surface area contributed by atoms with E-state index in [1.807, 2.05) is 6.92 Å². The third-order valence-electron chi connectivity index (χ3n) is 1.83. The number of methoxy groups -OCH3 is 1. The fourth-order valence-corrected chi connectivity index (χ4v) is 1.17. The Kier molecular flexibility index (Phi) is 6.29. The second kappa shape index (κ2) is 6.35. The summed E-state index contributed by atoms with van der Waals surface area (Å²) in [5.41, 5.74) is -0.0866. The Bertz CT molecular complexity index is 126. The smallest absolute Gasteiger partial charge is 0.0750 e. The highest BCUT2D eigenvalue weighted by molar-refractivity contribution is 4.73. The van der Waals surface area contributed by atoms with Crippen LogP contribution in [0.3, 0.4) is 0 Å². The van der Waals surface area contributed by atoms with E-state index in [1.54, 1.807) is 7.11 Å². The lowest BCUT2D eigenvalue weighted by molar-refractivity contribution is -0.0118. The minimum Gasteiger partial charge on any atom is -0.383 e. The molecule has 0 aliphatic carbocycles. The number of hydrogen-bond acceptors (Lipinski definition) is 3. The van der Waals surface area contributed by atoms with Crippen LogP contribution in [0.25, 0.3) is 0 Å². The van der Waals surface area contributed by atoms with Crippen LogP contribution in [0.15, 0.2) is 0 Å². The summed E-state index contributed by atoms with van der Waals surface area (Å²) in [6, 6.07) is 0.379. The van der Waals surface area contributed by atoms with Crippen LogP contribution in [0.1, 0.15) is 27.7 Å². The number of nitrogens with one attached hydrogen (secondary N) is 1. The van der Waals surface area contributed by atoms with Crippen LogP contribution in [-0.4, -0.2) is 38.5 Å². The van der Waals surface area contributed by atoms with Crippen molar-refractivity contribution in [3.05, 3.63) is 0 Å². The molecule has 0 fully saturated rings. The van der Waals surface area contributed by atoms with Gasteiger partial charge < -0.3 is 14.8 Å². The minimum atomic E-state index is -0.0866. The lowest BCUT2D eigenvalue weighted by Gasteiger charge is -2.26. The molecule has 0 rings (SSSR count).